The van der Waals surface area contributed by atoms with E-state index >= 15 is 0 Å². The summed E-state index contributed by atoms with van der Waals surface area (Å²) in [5.41, 5.74) is 0. The summed E-state index contributed by atoms with van der Waals surface area (Å²) in [6.45, 7) is 3.60. The third-order valence-electron chi connectivity index (χ3n) is 2.21. The average Bonchev–Trinajstić information content (AvgIpc) is 2.59. The molecule has 1 N–H and O–H groups in total. The summed E-state index contributed by atoms with van der Waals surface area (Å²) < 4.78 is 5.17. The lowest BCUT2D eigenvalue weighted by molar-refractivity contribution is -0.140. The Hall–Kier alpha value is -0.610. The molecular weight excluding hydrogens is 236 g/mol. The molecule has 2 atom stereocenters. The second-order valence-corrected chi connectivity index (χ2v) is 5.09. The summed E-state index contributed by atoms with van der Waals surface area (Å²) in [6, 6.07) is 3.48. The van der Waals surface area contributed by atoms with Gasteiger partial charge in [0, 0.05) is 5.25 Å². The van der Waals surface area contributed by atoms with E-state index in [1.165, 1.54) is 0 Å². The number of hydrogen-bond donors (Lipinski definition) is 1. The third-order valence-corrected chi connectivity index (χ3v) is 3.80. The number of rotatable bonds is 5. The Morgan fingerprint density at radius 3 is 2.73 bits per heavy atom. The van der Waals surface area contributed by atoms with Gasteiger partial charge in [0.2, 0.25) is 0 Å². The van der Waals surface area contributed by atoms with E-state index in [1.807, 2.05) is 6.92 Å². The van der Waals surface area contributed by atoms with Gasteiger partial charge in [-0.25, -0.2) is 0 Å². The molecule has 1 heterocycles. The van der Waals surface area contributed by atoms with Crippen LogP contribution < -0.4 is 0 Å². The van der Waals surface area contributed by atoms with Crippen LogP contribution in [0.25, 0.3) is 0 Å². The molecule has 1 aromatic heterocycles. The zero-order valence-corrected chi connectivity index (χ0v) is 10.1. The zero-order valence-electron chi connectivity index (χ0n) is 8.57. The highest BCUT2D eigenvalue weighted by Crippen LogP contribution is 2.25. The fourth-order valence-corrected chi connectivity index (χ4v) is 2.14. The lowest BCUT2D eigenvalue weighted by Crippen LogP contribution is -2.20. The molecule has 1 aromatic rings. The minimum atomic E-state index is -0.771. The first-order valence-electron chi connectivity index (χ1n) is 4.59. The molecule has 0 saturated heterocycles. The fraction of sp³-hybridized carbons (Fsp3) is 0.500. The fourth-order valence-electron chi connectivity index (χ4n) is 0.988. The van der Waals surface area contributed by atoms with Crippen molar-refractivity contribution in [1.82, 2.24) is 0 Å². The van der Waals surface area contributed by atoms with E-state index in [2.05, 4.69) is 0 Å². The number of carbonyl (C=O) groups is 1. The van der Waals surface area contributed by atoms with E-state index in [9.17, 15) is 4.79 Å². The van der Waals surface area contributed by atoms with Crippen molar-refractivity contribution in [3.05, 3.63) is 23.1 Å². The Kier molecular flexibility index (Phi) is 4.54. The second-order valence-electron chi connectivity index (χ2n) is 3.35. The first-order valence-corrected chi connectivity index (χ1v) is 6.02. The topological polar surface area (TPSA) is 50.4 Å². The van der Waals surface area contributed by atoms with Crippen LogP contribution in [-0.2, 0) is 10.5 Å². The maximum atomic E-state index is 10.7. The maximum Gasteiger partial charge on any atom is 0.307 e. The summed E-state index contributed by atoms with van der Waals surface area (Å²) in [5, 5.41) is 9.21. The number of halogens is 1. The quantitative estimate of drug-likeness (QED) is 0.869. The van der Waals surface area contributed by atoms with Crippen LogP contribution >= 0.6 is 23.4 Å². The molecule has 3 nitrogen and oxygen atoms in total. The molecule has 0 aromatic carbocycles. The minimum Gasteiger partial charge on any atom is -0.481 e. The first-order chi connectivity index (χ1) is 7.00. The molecule has 2 unspecified atom stereocenters. The standard InChI is InChI=1S/C10H13ClO3S/c1-6(10(12)13)7(2)15-5-8-3-4-9(11)14-8/h3-4,6-7H,5H2,1-2H3,(H,12,13). The maximum absolute atomic E-state index is 10.7. The van der Waals surface area contributed by atoms with Gasteiger partial charge in [-0.1, -0.05) is 13.8 Å². The molecule has 84 valence electrons. The smallest absolute Gasteiger partial charge is 0.307 e. The van der Waals surface area contributed by atoms with Crippen LogP contribution in [0.3, 0.4) is 0 Å². The number of carboxylic acids is 1. The normalized spacial score (nSPS) is 14.9. The highest BCUT2D eigenvalue weighted by Gasteiger charge is 2.19. The molecule has 0 spiro atoms. The molecule has 0 bridgehead atoms. The van der Waals surface area contributed by atoms with E-state index in [0.717, 1.165) is 5.76 Å². The van der Waals surface area contributed by atoms with Gasteiger partial charge in [-0.3, -0.25) is 4.79 Å². The molecular formula is C10H13ClO3S. The van der Waals surface area contributed by atoms with Gasteiger partial charge < -0.3 is 9.52 Å². The predicted octanol–water partition coefficient (Wildman–Crippen LogP) is 3.28. The van der Waals surface area contributed by atoms with Gasteiger partial charge in [-0.05, 0) is 23.7 Å². The minimum absolute atomic E-state index is 0.0476. The SMILES string of the molecule is CC(SCc1ccc(Cl)o1)C(C)C(=O)O. The van der Waals surface area contributed by atoms with Gasteiger partial charge in [0.25, 0.3) is 0 Å². The van der Waals surface area contributed by atoms with Crippen molar-refractivity contribution in [3.63, 3.8) is 0 Å². The van der Waals surface area contributed by atoms with Crippen LogP contribution in [0.4, 0.5) is 0 Å². The average molecular weight is 249 g/mol. The molecule has 15 heavy (non-hydrogen) atoms. The summed E-state index contributed by atoms with van der Waals surface area (Å²) in [5.74, 6) is 0.285. The summed E-state index contributed by atoms with van der Waals surface area (Å²) in [6.07, 6.45) is 0. The molecule has 5 heteroatoms. The van der Waals surface area contributed by atoms with Gasteiger partial charge in [-0.2, -0.15) is 0 Å². The number of aliphatic carboxylic acids is 1. The van der Waals surface area contributed by atoms with Crippen molar-refractivity contribution in [2.45, 2.75) is 24.9 Å². The van der Waals surface area contributed by atoms with Crippen molar-refractivity contribution >= 4 is 29.3 Å². The molecule has 0 saturated carbocycles. The number of thioether (sulfide) groups is 1. The van der Waals surface area contributed by atoms with Crippen molar-refractivity contribution in [2.75, 3.05) is 0 Å². The zero-order chi connectivity index (χ0) is 11.4. The molecule has 0 amide bonds. The largest absolute Gasteiger partial charge is 0.481 e. The van der Waals surface area contributed by atoms with Gasteiger partial charge in [0.1, 0.15) is 5.76 Å². The monoisotopic (exact) mass is 248 g/mol. The van der Waals surface area contributed by atoms with Crippen molar-refractivity contribution in [2.24, 2.45) is 5.92 Å². The van der Waals surface area contributed by atoms with Gasteiger partial charge in [0.05, 0.1) is 11.7 Å². The highest BCUT2D eigenvalue weighted by molar-refractivity contribution is 7.99. The summed E-state index contributed by atoms with van der Waals surface area (Å²) in [7, 11) is 0. The lowest BCUT2D eigenvalue weighted by atomic mass is 10.1. The van der Waals surface area contributed by atoms with Crippen LogP contribution in [-0.4, -0.2) is 16.3 Å². The Balaban J connectivity index is 2.40. The Morgan fingerprint density at radius 2 is 2.27 bits per heavy atom. The molecule has 1 rings (SSSR count). The Labute approximate surface area is 97.8 Å². The third kappa shape index (κ3) is 3.80. The van der Waals surface area contributed by atoms with Crippen LogP contribution in [0.1, 0.15) is 19.6 Å². The molecule has 0 fully saturated rings. The molecule has 0 aliphatic heterocycles. The van der Waals surface area contributed by atoms with Crippen molar-refractivity contribution in [3.8, 4) is 0 Å². The number of carboxylic acid groups (broad SMARTS) is 1. The van der Waals surface area contributed by atoms with Crippen molar-refractivity contribution < 1.29 is 14.3 Å². The van der Waals surface area contributed by atoms with Crippen molar-refractivity contribution in [1.29, 1.82) is 0 Å². The van der Waals surface area contributed by atoms with E-state index in [0.29, 0.717) is 11.0 Å². The predicted molar refractivity (Wildman–Crippen MR) is 61.3 cm³/mol. The molecule has 0 aliphatic carbocycles. The van der Waals surface area contributed by atoms with Crippen LogP contribution in [0, 0.1) is 5.92 Å². The van der Waals surface area contributed by atoms with Gasteiger partial charge >= 0.3 is 5.97 Å². The Morgan fingerprint density at radius 1 is 1.60 bits per heavy atom. The lowest BCUT2D eigenvalue weighted by Gasteiger charge is -2.14. The second kappa shape index (κ2) is 5.47. The van der Waals surface area contributed by atoms with E-state index < -0.39 is 5.97 Å². The summed E-state index contributed by atoms with van der Waals surface area (Å²) in [4.78, 5) is 10.7. The van der Waals surface area contributed by atoms with Crippen LogP contribution in [0.15, 0.2) is 16.5 Å². The highest BCUT2D eigenvalue weighted by atomic mass is 35.5. The Bertz CT molecular complexity index is 337. The van der Waals surface area contributed by atoms with Crippen LogP contribution in [0.5, 0.6) is 0 Å². The van der Waals surface area contributed by atoms with E-state index in [1.54, 1.807) is 30.8 Å². The molecule has 0 aliphatic rings. The van der Waals surface area contributed by atoms with Gasteiger partial charge in [0.15, 0.2) is 5.22 Å². The first kappa shape index (κ1) is 12.5. The van der Waals surface area contributed by atoms with E-state index in [-0.39, 0.29) is 11.2 Å². The number of hydrogen-bond acceptors (Lipinski definition) is 3. The summed E-state index contributed by atoms with van der Waals surface area (Å²) >= 11 is 7.16. The molecule has 0 radical (unpaired) electrons. The van der Waals surface area contributed by atoms with E-state index in [4.69, 9.17) is 21.1 Å². The van der Waals surface area contributed by atoms with Gasteiger partial charge in [-0.15, -0.1) is 11.8 Å². The van der Waals surface area contributed by atoms with Crippen LogP contribution in [0.2, 0.25) is 5.22 Å². The number of furan rings is 1.